The molecule has 9 heteroatoms. The molecule has 0 unspecified atom stereocenters. The van der Waals surface area contributed by atoms with Gasteiger partial charge in [0.1, 0.15) is 12.0 Å². The third kappa shape index (κ3) is 4.51. The van der Waals surface area contributed by atoms with E-state index in [1.165, 1.54) is 6.42 Å². The second kappa shape index (κ2) is 7.21. The Hall–Kier alpha value is -2.45. The number of aromatic nitrogens is 4. The average Bonchev–Trinajstić information content (AvgIpc) is 2.78. The lowest BCUT2D eigenvalue weighted by atomic mass is 10.1. The number of fused-ring (bicyclic) bond motifs is 1. The molecule has 0 bridgehead atoms. The molecule has 0 aliphatic heterocycles. The predicted octanol–water partition coefficient (Wildman–Crippen LogP) is 2.87. The normalized spacial score (nSPS) is 14.2. The van der Waals surface area contributed by atoms with Crippen LogP contribution in [-0.2, 0) is 19.0 Å². The van der Waals surface area contributed by atoms with Gasteiger partial charge in [0, 0.05) is 17.5 Å². The van der Waals surface area contributed by atoms with Gasteiger partial charge in [-0.2, -0.15) is 18.3 Å². The van der Waals surface area contributed by atoms with Crippen LogP contribution in [-0.4, -0.2) is 31.2 Å². The topological polar surface area (TPSA) is 91.8 Å². The molecule has 0 aromatic carbocycles. The number of carbonyl (C=O) groups is 1. The summed E-state index contributed by atoms with van der Waals surface area (Å²) in [5, 5.41) is 15.5. The highest BCUT2D eigenvalue weighted by atomic mass is 19.4. The SMILES string of the molecule is FC(F)(F)c1ccncn1.O=C(O)c1n[nH]c2c1CCCCC2. The molecular formula is C14H15F3N4O2. The summed E-state index contributed by atoms with van der Waals surface area (Å²) >= 11 is 0. The summed E-state index contributed by atoms with van der Waals surface area (Å²) in [6.45, 7) is 0. The molecule has 2 heterocycles. The van der Waals surface area contributed by atoms with E-state index in [0.717, 1.165) is 55.5 Å². The van der Waals surface area contributed by atoms with Crippen molar-refractivity contribution in [1.29, 1.82) is 0 Å². The molecule has 2 N–H and O–H groups in total. The van der Waals surface area contributed by atoms with Crippen LogP contribution < -0.4 is 0 Å². The van der Waals surface area contributed by atoms with Crippen molar-refractivity contribution in [2.75, 3.05) is 0 Å². The van der Waals surface area contributed by atoms with Crippen LogP contribution in [0.15, 0.2) is 18.6 Å². The molecular weight excluding hydrogens is 313 g/mol. The summed E-state index contributed by atoms with van der Waals surface area (Å²) in [6.07, 6.45) is 2.74. The number of alkyl halides is 3. The van der Waals surface area contributed by atoms with E-state index in [0.29, 0.717) is 0 Å². The first kappa shape index (κ1) is 16.9. The fourth-order valence-electron chi connectivity index (χ4n) is 2.29. The van der Waals surface area contributed by atoms with Gasteiger partial charge in [0.05, 0.1) is 0 Å². The largest absolute Gasteiger partial charge is 0.476 e. The Morgan fingerprint density at radius 3 is 2.52 bits per heavy atom. The molecule has 3 rings (SSSR count). The summed E-state index contributed by atoms with van der Waals surface area (Å²) in [7, 11) is 0. The van der Waals surface area contributed by atoms with Gasteiger partial charge in [0.25, 0.3) is 0 Å². The zero-order valence-corrected chi connectivity index (χ0v) is 12.1. The molecule has 2 aromatic heterocycles. The number of nitrogens with zero attached hydrogens (tertiary/aromatic N) is 3. The highest BCUT2D eigenvalue weighted by Crippen LogP contribution is 2.26. The molecule has 0 amide bonds. The first-order chi connectivity index (χ1) is 10.9. The Morgan fingerprint density at radius 2 is 1.96 bits per heavy atom. The molecule has 0 atom stereocenters. The van der Waals surface area contributed by atoms with Crippen LogP contribution in [0.3, 0.4) is 0 Å². The van der Waals surface area contributed by atoms with E-state index in [4.69, 9.17) is 5.11 Å². The number of halogens is 3. The Bertz CT molecular complexity index is 656. The summed E-state index contributed by atoms with van der Waals surface area (Å²) < 4.78 is 35.1. The number of aromatic amines is 1. The van der Waals surface area contributed by atoms with Gasteiger partial charge in [-0.1, -0.05) is 6.42 Å². The summed E-state index contributed by atoms with van der Waals surface area (Å²) in [6, 6.07) is 0.819. The van der Waals surface area contributed by atoms with E-state index < -0.39 is 17.8 Å². The monoisotopic (exact) mass is 328 g/mol. The predicted molar refractivity (Wildman–Crippen MR) is 73.8 cm³/mol. The molecule has 6 nitrogen and oxygen atoms in total. The number of aryl methyl sites for hydroxylation is 1. The summed E-state index contributed by atoms with van der Waals surface area (Å²) in [5.74, 6) is -0.917. The Morgan fingerprint density at radius 1 is 1.22 bits per heavy atom. The van der Waals surface area contributed by atoms with Crippen molar-refractivity contribution in [2.45, 2.75) is 38.3 Å². The Balaban J connectivity index is 0.000000174. The van der Waals surface area contributed by atoms with Gasteiger partial charge in [-0.15, -0.1) is 0 Å². The maximum Gasteiger partial charge on any atom is 0.433 e. The quantitative estimate of drug-likeness (QED) is 0.785. The fraction of sp³-hybridized carbons (Fsp3) is 0.429. The van der Waals surface area contributed by atoms with E-state index in [-0.39, 0.29) is 5.69 Å². The van der Waals surface area contributed by atoms with E-state index >= 15 is 0 Å². The van der Waals surface area contributed by atoms with E-state index in [1.54, 1.807) is 0 Å². The van der Waals surface area contributed by atoms with Gasteiger partial charge in [-0.25, -0.2) is 14.8 Å². The Kier molecular flexibility index (Phi) is 5.30. The van der Waals surface area contributed by atoms with Crippen LogP contribution in [0, 0.1) is 0 Å². The molecule has 0 fully saturated rings. The van der Waals surface area contributed by atoms with Crippen molar-refractivity contribution in [1.82, 2.24) is 20.2 Å². The van der Waals surface area contributed by atoms with Gasteiger partial charge >= 0.3 is 12.1 Å². The van der Waals surface area contributed by atoms with E-state index in [9.17, 15) is 18.0 Å². The number of H-pyrrole nitrogens is 1. The van der Waals surface area contributed by atoms with E-state index in [2.05, 4.69) is 20.2 Å². The number of rotatable bonds is 1. The molecule has 0 spiro atoms. The lowest BCUT2D eigenvalue weighted by Crippen LogP contribution is -2.07. The van der Waals surface area contributed by atoms with Crippen LogP contribution in [0.4, 0.5) is 13.2 Å². The summed E-state index contributed by atoms with van der Waals surface area (Å²) in [5.41, 5.74) is 1.25. The number of carboxylic acids is 1. The van der Waals surface area contributed by atoms with Gasteiger partial charge in [0.2, 0.25) is 0 Å². The maximum atomic E-state index is 11.7. The Labute approximate surface area is 129 Å². The molecule has 1 aliphatic rings. The number of carboxylic acid groups (broad SMARTS) is 1. The first-order valence-corrected chi connectivity index (χ1v) is 7.02. The third-order valence-electron chi connectivity index (χ3n) is 3.38. The van der Waals surface area contributed by atoms with Gasteiger partial charge in [0.15, 0.2) is 5.69 Å². The highest BCUT2D eigenvalue weighted by molar-refractivity contribution is 5.87. The molecule has 2 aromatic rings. The highest BCUT2D eigenvalue weighted by Gasteiger charge is 2.31. The van der Waals surface area contributed by atoms with Crippen LogP contribution in [0.25, 0.3) is 0 Å². The third-order valence-corrected chi connectivity index (χ3v) is 3.38. The van der Waals surface area contributed by atoms with Crippen molar-refractivity contribution in [3.63, 3.8) is 0 Å². The average molecular weight is 328 g/mol. The van der Waals surface area contributed by atoms with Crippen LogP contribution in [0.2, 0.25) is 0 Å². The zero-order chi connectivity index (χ0) is 16.9. The lowest BCUT2D eigenvalue weighted by molar-refractivity contribution is -0.141. The van der Waals surface area contributed by atoms with Crippen LogP contribution in [0.1, 0.15) is 46.7 Å². The zero-order valence-electron chi connectivity index (χ0n) is 12.1. The van der Waals surface area contributed by atoms with Crippen molar-refractivity contribution < 1.29 is 23.1 Å². The number of aromatic carboxylic acids is 1. The fourth-order valence-corrected chi connectivity index (χ4v) is 2.29. The number of hydrogen-bond acceptors (Lipinski definition) is 4. The van der Waals surface area contributed by atoms with Crippen molar-refractivity contribution in [3.05, 3.63) is 41.2 Å². The standard InChI is InChI=1S/C9H12N2O2.C5H3F3N2/c12-9(13)8-6-4-2-1-3-5-7(6)10-11-8;6-5(7,8)4-1-2-9-3-10-4/h1-5H2,(H,10,11)(H,12,13);1-3H. The molecule has 0 saturated carbocycles. The minimum Gasteiger partial charge on any atom is -0.476 e. The van der Waals surface area contributed by atoms with E-state index in [1.807, 2.05) is 0 Å². The first-order valence-electron chi connectivity index (χ1n) is 7.02. The van der Waals surface area contributed by atoms with Gasteiger partial charge in [-0.05, 0) is 31.7 Å². The van der Waals surface area contributed by atoms with Gasteiger partial charge < -0.3 is 5.11 Å². The molecule has 124 valence electrons. The van der Waals surface area contributed by atoms with Crippen molar-refractivity contribution in [2.24, 2.45) is 0 Å². The number of hydrogen-bond donors (Lipinski definition) is 2. The van der Waals surface area contributed by atoms with Crippen molar-refractivity contribution in [3.8, 4) is 0 Å². The minimum absolute atomic E-state index is 0.219. The lowest BCUT2D eigenvalue weighted by Gasteiger charge is -2.02. The smallest absolute Gasteiger partial charge is 0.433 e. The summed E-state index contributed by atoms with van der Waals surface area (Å²) in [4.78, 5) is 17.1. The second-order valence-electron chi connectivity index (χ2n) is 4.99. The number of nitrogens with one attached hydrogen (secondary N) is 1. The molecule has 1 aliphatic carbocycles. The van der Waals surface area contributed by atoms with Crippen LogP contribution >= 0.6 is 0 Å². The molecule has 0 radical (unpaired) electrons. The van der Waals surface area contributed by atoms with Gasteiger partial charge in [-0.3, -0.25) is 5.10 Å². The second-order valence-corrected chi connectivity index (χ2v) is 4.99. The maximum absolute atomic E-state index is 11.7. The minimum atomic E-state index is -4.36. The van der Waals surface area contributed by atoms with Crippen molar-refractivity contribution >= 4 is 5.97 Å². The molecule has 0 saturated heterocycles. The van der Waals surface area contributed by atoms with Crippen LogP contribution in [0.5, 0.6) is 0 Å². The molecule has 23 heavy (non-hydrogen) atoms.